The summed E-state index contributed by atoms with van der Waals surface area (Å²) < 4.78 is 0. The Morgan fingerprint density at radius 3 is 3.06 bits per heavy atom. The molecular weight excluding hydrogens is 198 g/mol. The highest BCUT2D eigenvalue weighted by Crippen LogP contribution is 2.31. The van der Waals surface area contributed by atoms with Crippen LogP contribution in [0.3, 0.4) is 0 Å². The van der Waals surface area contributed by atoms with Gasteiger partial charge in [-0.2, -0.15) is 0 Å². The largest absolute Gasteiger partial charge is 0.508 e. The molecule has 2 heteroatoms. The first kappa shape index (κ1) is 11.0. The van der Waals surface area contributed by atoms with Crippen LogP contribution in [0.2, 0.25) is 0 Å². The molecule has 0 aromatic heterocycles. The highest BCUT2D eigenvalue weighted by molar-refractivity contribution is 5.41. The maximum absolute atomic E-state index is 9.78. The SMILES string of the molecule is C#CCNC1Cc2cccc(O)c2CC1C. The molecule has 2 rings (SSSR count). The third-order valence-electron chi connectivity index (χ3n) is 3.37. The zero-order valence-electron chi connectivity index (χ0n) is 9.53. The lowest BCUT2D eigenvalue weighted by Crippen LogP contribution is -2.40. The van der Waals surface area contributed by atoms with Crippen molar-refractivity contribution in [2.24, 2.45) is 5.92 Å². The Balaban J connectivity index is 2.19. The molecule has 0 bridgehead atoms. The minimum absolute atomic E-state index is 0.422. The number of aromatic hydroxyl groups is 1. The monoisotopic (exact) mass is 215 g/mol. The van der Waals surface area contributed by atoms with Crippen LogP contribution in [-0.2, 0) is 12.8 Å². The third kappa shape index (κ3) is 2.05. The van der Waals surface area contributed by atoms with Gasteiger partial charge in [0.25, 0.3) is 0 Å². The Bertz CT molecular complexity index is 419. The predicted octanol–water partition coefficient (Wildman–Crippen LogP) is 1.72. The van der Waals surface area contributed by atoms with E-state index in [1.54, 1.807) is 6.07 Å². The summed E-state index contributed by atoms with van der Waals surface area (Å²) in [5, 5.41) is 13.1. The number of nitrogens with one attached hydrogen (secondary N) is 1. The van der Waals surface area contributed by atoms with Crippen LogP contribution in [-0.4, -0.2) is 17.7 Å². The van der Waals surface area contributed by atoms with Gasteiger partial charge in [0.2, 0.25) is 0 Å². The molecule has 2 N–H and O–H groups in total. The Morgan fingerprint density at radius 2 is 2.31 bits per heavy atom. The molecule has 2 atom stereocenters. The van der Waals surface area contributed by atoms with Crippen molar-refractivity contribution in [1.29, 1.82) is 0 Å². The van der Waals surface area contributed by atoms with Gasteiger partial charge < -0.3 is 10.4 Å². The van der Waals surface area contributed by atoms with E-state index in [0.717, 1.165) is 18.4 Å². The zero-order chi connectivity index (χ0) is 11.5. The number of hydrogen-bond acceptors (Lipinski definition) is 2. The molecule has 1 aromatic carbocycles. The van der Waals surface area contributed by atoms with Crippen molar-refractivity contribution in [3.63, 3.8) is 0 Å². The Morgan fingerprint density at radius 1 is 1.50 bits per heavy atom. The summed E-state index contributed by atoms with van der Waals surface area (Å²) in [5.74, 6) is 3.55. The quantitative estimate of drug-likeness (QED) is 0.736. The van der Waals surface area contributed by atoms with Gasteiger partial charge in [-0.1, -0.05) is 25.0 Å². The molecule has 2 unspecified atom stereocenters. The van der Waals surface area contributed by atoms with Gasteiger partial charge >= 0.3 is 0 Å². The van der Waals surface area contributed by atoms with Crippen LogP contribution in [0.1, 0.15) is 18.1 Å². The van der Waals surface area contributed by atoms with E-state index >= 15 is 0 Å². The van der Waals surface area contributed by atoms with Gasteiger partial charge in [-0.3, -0.25) is 0 Å². The fraction of sp³-hybridized carbons (Fsp3) is 0.429. The van der Waals surface area contributed by atoms with Gasteiger partial charge in [0.1, 0.15) is 5.75 Å². The van der Waals surface area contributed by atoms with Crippen molar-refractivity contribution in [3.8, 4) is 18.1 Å². The van der Waals surface area contributed by atoms with Crippen LogP contribution in [0.4, 0.5) is 0 Å². The fourth-order valence-corrected chi connectivity index (χ4v) is 2.41. The standard InChI is InChI=1S/C14H17NO/c1-3-7-15-13-9-11-5-4-6-14(16)12(11)8-10(13)2/h1,4-6,10,13,15-16H,7-9H2,2H3. The number of fused-ring (bicyclic) bond motifs is 1. The normalized spacial score (nSPS) is 23.5. The summed E-state index contributed by atoms with van der Waals surface area (Å²) in [4.78, 5) is 0. The maximum Gasteiger partial charge on any atom is 0.119 e. The fourth-order valence-electron chi connectivity index (χ4n) is 2.41. The molecule has 1 aliphatic rings. The second-order valence-electron chi connectivity index (χ2n) is 4.49. The minimum atomic E-state index is 0.422. The predicted molar refractivity (Wildman–Crippen MR) is 65.3 cm³/mol. The van der Waals surface area contributed by atoms with E-state index in [9.17, 15) is 5.11 Å². The number of benzene rings is 1. The number of phenols is 1. The number of rotatable bonds is 2. The van der Waals surface area contributed by atoms with Crippen LogP contribution < -0.4 is 5.32 Å². The second kappa shape index (κ2) is 4.59. The summed E-state index contributed by atoms with van der Waals surface area (Å²) in [7, 11) is 0. The molecule has 0 saturated carbocycles. The molecule has 0 fully saturated rings. The van der Waals surface area contributed by atoms with Gasteiger partial charge in [-0.25, -0.2) is 0 Å². The first-order valence-electron chi connectivity index (χ1n) is 5.69. The average Bonchev–Trinajstić information content (AvgIpc) is 2.28. The van der Waals surface area contributed by atoms with Gasteiger partial charge in [-0.05, 0) is 36.0 Å². The van der Waals surface area contributed by atoms with Crippen LogP contribution in [0.5, 0.6) is 5.75 Å². The van der Waals surface area contributed by atoms with E-state index in [2.05, 4.69) is 24.2 Å². The second-order valence-corrected chi connectivity index (χ2v) is 4.49. The van der Waals surface area contributed by atoms with E-state index in [1.165, 1.54) is 5.56 Å². The van der Waals surface area contributed by atoms with Crippen LogP contribution in [0, 0.1) is 18.3 Å². The molecule has 0 amide bonds. The molecule has 1 aromatic rings. The first-order chi connectivity index (χ1) is 7.72. The van der Waals surface area contributed by atoms with Gasteiger partial charge in [0.15, 0.2) is 0 Å². The molecule has 0 saturated heterocycles. The summed E-state index contributed by atoms with van der Waals surface area (Å²) in [6, 6.07) is 6.18. The first-order valence-corrected chi connectivity index (χ1v) is 5.69. The van der Waals surface area contributed by atoms with E-state index in [-0.39, 0.29) is 0 Å². The van der Waals surface area contributed by atoms with Gasteiger partial charge in [0.05, 0.1) is 6.54 Å². The molecule has 16 heavy (non-hydrogen) atoms. The molecule has 0 spiro atoms. The van der Waals surface area contributed by atoms with Crippen molar-refractivity contribution in [2.45, 2.75) is 25.8 Å². The highest BCUT2D eigenvalue weighted by atomic mass is 16.3. The van der Waals surface area contributed by atoms with E-state index in [0.29, 0.717) is 24.3 Å². The molecule has 84 valence electrons. The third-order valence-corrected chi connectivity index (χ3v) is 3.37. The van der Waals surface area contributed by atoms with Gasteiger partial charge in [0, 0.05) is 6.04 Å². The Kier molecular flexibility index (Phi) is 3.17. The topological polar surface area (TPSA) is 32.3 Å². The molecule has 0 heterocycles. The number of terminal acetylenes is 1. The molecule has 1 aliphatic carbocycles. The maximum atomic E-state index is 9.78. The Labute approximate surface area is 96.7 Å². The number of phenolic OH excluding ortho intramolecular Hbond substituents is 1. The smallest absolute Gasteiger partial charge is 0.119 e. The molecular formula is C14H17NO. The van der Waals surface area contributed by atoms with E-state index < -0.39 is 0 Å². The highest BCUT2D eigenvalue weighted by Gasteiger charge is 2.26. The van der Waals surface area contributed by atoms with Crippen molar-refractivity contribution < 1.29 is 5.11 Å². The molecule has 0 radical (unpaired) electrons. The van der Waals surface area contributed by atoms with Crippen LogP contribution in [0.25, 0.3) is 0 Å². The number of hydrogen-bond donors (Lipinski definition) is 2. The van der Waals surface area contributed by atoms with E-state index in [4.69, 9.17) is 6.42 Å². The summed E-state index contributed by atoms with van der Waals surface area (Å²) in [6.45, 7) is 2.81. The summed E-state index contributed by atoms with van der Waals surface area (Å²) >= 11 is 0. The average molecular weight is 215 g/mol. The Hall–Kier alpha value is -1.46. The zero-order valence-corrected chi connectivity index (χ0v) is 9.53. The summed E-state index contributed by atoms with van der Waals surface area (Å²) in [6.07, 6.45) is 7.13. The molecule has 2 nitrogen and oxygen atoms in total. The van der Waals surface area contributed by atoms with E-state index in [1.807, 2.05) is 6.07 Å². The van der Waals surface area contributed by atoms with Crippen LogP contribution in [0.15, 0.2) is 18.2 Å². The van der Waals surface area contributed by atoms with Crippen molar-refractivity contribution in [2.75, 3.05) is 6.54 Å². The van der Waals surface area contributed by atoms with Crippen molar-refractivity contribution in [3.05, 3.63) is 29.3 Å². The van der Waals surface area contributed by atoms with Gasteiger partial charge in [-0.15, -0.1) is 6.42 Å². The lowest BCUT2D eigenvalue weighted by molar-refractivity contribution is 0.356. The van der Waals surface area contributed by atoms with Crippen molar-refractivity contribution >= 4 is 0 Å². The molecule has 0 aliphatic heterocycles. The summed E-state index contributed by atoms with van der Waals surface area (Å²) in [5.41, 5.74) is 2.35. The lowest BCUT2D eigenvalue weighted by atomic mass is 9.81. The lowest BCUT2D eigenvalue weighted by Gasteiger charge is -2.31. The van der Waals surface area contributed by atoms with Crippen LogP contribution >= 0.6 is 0 Å². The minimum Gasteiger partial charge on any atom is -0.508 e. The van der Waals surface area contributed by atoms with Crippen molar-refractivity contribution in [1.82, 2.24) is 5.32 Å².